The largest absolute Gasteiger partial charge is 0.497 e. The van der Waals surface area contributed by atoms with Crippen molar-refractivity contribution in [2.75, 3.05) is 31.0 Å². The third-order valence-electron chi connectivity index (χ3n) is 4.07. The van der Waals surface area contributed by atoms with Crippen molar-refractivity contribution in [3.63, 3.8) is 0 Å². The van der Waals surface area contributed by atoms with Gasteiger partial charge >= 0.3 is 6.03 Å². The molecule has 1 atom stereocenters. The molecule has 0 radical (unpaired) electrons. The van der Waals surface area contributed by atoms with Gasteiger partial charge in [-0.3, -0.25) is 4.90 Å². The number of ether oxygens (including phenoxy) is 3. The molecule has 2 aromatic rings. The lowest BCUT2D eigenvalue weighted by Gasteiger charge is -2.33. The Morgan fingerprint density at radius 3 is 2.72 bits per heavy atom. The molecule has 0 spiro atoms. The Balaban J connectivity index is 1.91. The zero-order valence-corrected chi connectivity index (χ0v) is 14.8. The van der Waals surface area contributed by atoms with Gasteiger partial charge in [0.2, 0.25) is 0 Å². The third kappa shape index (κ3) is 3.47. The molecule has 0 saturated heterocycles. The van der Waals surface area contributed by atoms with Gasteiger partial charge in [0.25, 0.3) is 0 Å². The van der Waals surface area contributed by atoms with Crippen LogP contribution in [0.25, 0.3) is 0 Å². The summed E-state index contributed by atoms with van der Waals surface area (Å²) in [5.41, 5.74) is 2.38. The lowest BCUT2D eigenvalue weighted by atomic mass is 10.1. The molecule has 1 aliphatic heterocycles. The Bertz CT molecular complexity index is 791. The Morgan fingerprint density at radius 2 is 2.00 bits per heavy atom. The van der Waals surface area contributed by atoms with Gasteiger partial charge in [-0.25, -0.2) is 4.79 Å². The van der Waals surface area contributed by atoms with Gasteiger partial charge in [-0.2, -0.15) is 0 Å². The summed E-state index contributed by atoms with van der Waals surface area (Å²) in [4.78, 5) is 14.6. The molecule has 6 heteroatoms. The molecular formula is C19H22N2O4. The van der Waals surface area contributed by atoms with Crippen molar-refractivity contribution < 1.29 is 19.0 Å². The summed E-state index contributed by atoms with van der Waals surface area (Å²) < 4.78 is 16.4. The molecule has 1 N–H and O–H groups in total. The molecule has 0 bridgehead atoms. The second-order valence-electron chi connectivity index (χ2n) is 6.01. The van der Waals surface area contributed by atoms with Crippen molar-refractivity contribution >= 4 is 17.4 Å². The maximum atomic E-state index is 12.9. The summed E-state index contributed by atoms with van der Waals surface area (Å²) in [5, 5.41) is 2.91. The van der Waals surface area contributed by atoms with Crippen LogP contribution in [0.4, 0.5) is 16.2 Å². The number of aryl methyl sites for hydroxylation is 1. The van der Waals surface area contributed by atoms with E-state index in [4.69, 9.17) is 14.2 Å². The molecule has 0 saturated carbocycles. The van der Waals surface area contributed by atoms with E-state index in [1.807, 2.05) is 32.0 Å². The zero-order chi connectivity index (χ0) is 18.0. The summed E-state index contributed by atoms with van der Waals surface area (Å²) in [6, 6.07) is 10.8. The van der Waals surface area contributed by atoms with Crippen molar-refractivity contribution in [3.05, 3.63) is 42.0 Å². The first-order valence-corrected chi connectivity index (χ1v) is 8.09. The van der Waals surface area contributed by atoms with Gasteiger partial charge in [0.15, 0.2) is 0 Å². The highest BCUT2D eigenvalue weighted by atomic mass is 16.5. The van der Waals surface area contributed by atoms with Crippen LogP contribution in [-0.4, -0.2) is 32.9 Å². The summed E-state index contributed by atoms with van der Waals surface area (Å²) in [5.74, 6) is 1.92. The molecule has 2 aromatic carbocycles. The van der Waals surface area contributed by atoms with Gasteiger partial charge in [-0.15, -0.1) is 0 Å². The van der Waals surface area contributed by atoms with Crippen LogP contribution >= 0.6 is 0 Å². The third-order valence-corrected chi connectivity index (χ3v) is 4.07. The van der Waals surface area contributed by atoms with Crippen LogP contribution in [0, 0.1) is 6.92 Å². The van der Waals surface area contributed by atoms with E-state index in [2.05, 4.69) is 5.32 Å². The monoisotopic (exact) mass is 342 g/mol. The predicted molar refractivity (Wildman–Crippen MR) is 97.2 cm³/mol. The number of nitrogens with one attached hydrogen (secondary N) is 1. The Labute approximate surface area is 147 Å². The first-order valence-electron chi connectivity index (χ1n) is 8.09. The zero-order valence-electron chi connectivity index (χ0n) is 14.8. The summed E-state index contributed by atoms with van der Waals surface area (Å²) in [7, 11) is 3.14. The van der Waals surface area contributed by atoms with Gasteiger partial charge in [0.1, 0.15) is 23.4 Å². The molecule has 132 valence electrons. The quantitative estimate of drug-likeness (QED) is 0.921. The number of carbonyl (C=O) groups is 1. The van der Waals surface area contributed by atoms with Gasteiger partial charge in [-0.05, 0) is 43.7 Å². The van der Waals surface area contributed by atoms with Crippen LogP contribution in [-0.2, 0) is 0 Å². The topological polar surface area (TPSA) is 60.0 Å². The lowest BCUT2D eigenvalue weighted by molar-refractivity contribution is 0.208. The van der Waals surface area contributed by atoms with E-state index < -0.39 is 0 Å². The fraction of sp³-hybridized carbons (Fsp3) is 0.316. The summed E-state index contributed by atoms with van der Waals surface area (Å²) in [6.07, 6.45) is -0.0897. The Morgan fingerprint density at radius 1 is 1.20 bits per heavy atom. The van der Waals surface area contributed by atoms with Crippen molar-refractivity contribution in [1.29, 1.82) is 0 Å². The molecule has 0 aromatic heterocycles. The van der Waals surface area contributed by atoms with Crippen molar-refractivity contribution in [3.8, 4) is 17.2 Å². The van der Waals surface area contributed by atoms with Gasteiger partial charge < -0.3 is 19.5 Å². The van der Waals surface area contributed by atoms with Crippen LogP contribution < -0.4 is 24.4 Å². The van der Waals surface area contributed by atoms with E-state index in [0.29, 0.717) is 29.5 Å². The van der Waals surface area contributed by atoms with Crippen molar-refractivity contribution in [2.45, 2.75) is 20.0 Å². The lowest BCUT2D eigenvalue weighted by Crippen LogP contribution is -2.44. The Hall–Kier alpha value is -2.89. The molecule has 2 amide bonds. The highest BCUT2D eigenvalue weighted by Gasteiger charge is 2.28. The highest BCUT2D eigenvalue weighted by Crippen LogP contribution is 2.35. The first-order chi connectivity index (χ1) is 12.0. The van der Waals surface area contributed by atoms with Crippen LogP contribution in [0.3, 0.4) is 0 Å². The van der Waals surface area contributed by atoms with E-state index in [-0.39, 0.29) is 12.1 Å². The number of anilines is 2. The van der Waals surface area contributed by atoms with Crippen LogP contribution in [0.2, 0.25) is 0 Å². The normalized spacial score (nSPS) is 15.8. The highest BCUT2D eigenvalue weighted by molar-refractivity contribution is 6.04. The number of methoxy groups -OCH3 is 2. The molecule has 6 nitrogen and oxygen atoms in total. The molecule has 1 aliphatic rings. The average molecular weight is 342 g/mol. The van der Waals surface area contributed by atoms with E-state index in [1.165, 1.54) is 0 Å². The fourth-order valence-corrected chi connectivity index (χ4v) is 2.83. The second kappa shape index (κ2) is 6.93. The van der Waals surface area contributed by atoms with Crippen LogP contribution in [0.1, 0.15) is 12.5 Å². The molecule has 1 unspecified atom stereocenters. The van der Waals surface area contributed by atoms with Crippen molar-refractivity contribution in [2.24, 2.45) is 0 Å². The van der Waals surface area contributed by atoms with Crippen molar-refractivity contribution in [1.82, 2.24) is 0 Å². The number of benzene rings is 2. The second-order valence-corrected chi connectivity index (χ2v) is 6.01. The number of hydrogen-bond acceptors (Lipinski definition) is 4. The number of amides is 2. The number of hydrogen-bond donors (Lipinski definition) is 1. The van der Waals surface area contributed by atoms with Gasteiger partial charge in [-0.1, -0.05) is 6.07 Å². The maximum Gasteiger partial charge on any atom is 0.326 e. The fourth-order valence-electron chi connectivity index (χ4n) is 2.83. The number of urea groups is 1. The molecule has 25 heavy (non-hydrogen) atoms. The molecule has 1 heterocycles. The summed E-state index contributed by atoms with van der Waals surface area (Å²) >= 11 is 0. The number of fused-ring (bicyclic) bond motifs is 1. The van der Waals surface area contributed by atoms with E-state index in [0.717, 1.165) is 11.3 Å². The molecule has 0 aliphatic carbocycles. The minimum atomic E-state index is -0.242. The number of nitrogens with zero attached hydrogens (tertiary/aromatic N) is 1. The molecule has 3 rings (SSSR count). The van der Waals surface area contributed by atoms with Gasteiger partial charge in [0.05, 0.1) is 32.1 Å². The maximum absolute atomic E-state index is 12.9. The smallest absolute Gasteiger partial charge is 0.326 e. The minimum absolute atomic E-state index is 0.0897. The SMILES string of the molecule is COc1ccc(OC)c(NC(=O)N2CC(C)Oc3ccc(C)cc32)c1. The molecular weight excluding hydrogens is 320 g/mol. The first kappa shape index (κ1) is 17.0. The van der Waals surface area contributed by atoms with Crippen LogP contribution in [0.15, 0.2) is 36.4 Å². The molecule has 0 fully saturated rings. The summed E-state index contributed by atoms with van der Waals surface area (Å²) in [6.45, 7) is 4.39. The standard InChI is InChI=1S/C19H22N2O4/c1-12-5-7-18-16(9-12)21(11-13(2)25-18)19(22)20-15-10-14(23-3)6-8-17(15)24-4/h5-10,13H,11H2,1-4H3,(H,20,22). The van der Waals surface area contributed by atoms with Gasteiger partial charge in [0, 0.05) is 6.07 Å². The van der Waals surface area contributed by atoms with E-state index in [1.54, 1.807) is 37.3 Å². The van der Waals surface area contributed by atoms with Crippen LogP contribution in [0.5, 0.6) is 17.2 Å². The van der Waals surface area contributed by atoms with E-state index >= 15 is 0 Å². The average Bonchev–Trinajstić information content (AvgIpc) is 2.61. The Kier molecular flexibility index (Phi) is 4.70. The predicted octanol–water partition coefficient (Wildman–Crippen LogP) is 3.83. The minimum Gasteiger partial charge on any atom is -0.497 e. The van der Waals surface area contributed by atoms with E-state index in [9.17, 15) is 4.79 Å². The number of carbonyl (C=O) groups excluding carboxylic acids is 1. The number of rotatable bonds is 3.